The lowest BCUT2D eigenvalue weighted by Crippen LogP contribution is -2.32. The largest absolute Gasteiger partial charge is 0.274 e. The summed E-state index contributed by atoms with van der Waals surface area (Å²) in [4.78, 5) is 26.6. The van der Waals surface area contributed by atoms with Crippen molar-refractivity contribution in [1.29, 1.82) is 0 Å². The molecule has 1 aromatic rings. The van der Waals surface area contributed by atoms with E-state index in [1.807, 2.05) is 31.2 Å². The Morgan fingerprint density at radius 1 is 1.05 bits per heavy atom. The van der Waals surface area contributed by atoms with Crippen molar-refractivity contribution in [2.45, 2.75) is 13.3 Å². The third-order valence-corrected chi connectivity index (χ3v) is 4.73. The Kier molecular flexibility index (Phi) is 2.06. The van der Waals surface area contributed by atoms with Gasteiger partial charge in [-0.3, -0.25) is 14.5 Å². The highest BCUT2D eigenvalue weighted by Crippen LogP contribution is 2.53. The fourth-order valence-electron chi connectivity index (χ4n) is 3.92. The van der Waals surface area contributed by atoms with Gasteiger partial charge in [-0.1, -0.05) is 24.3 Å². The molecule has 0 spiro atoms. The summed E-state index contributed by atoms with van der Waals surface area (Å²) in [5.41, 5.74) is 1.79. The Balaban J connectivity index is 1.77. The van der Waals surface area contributed by atoms with Crippen LogP contribution < -0.4 is 4.90 Å². The molecule has 0 unspecified atom stereocenters. The number of hydrogen-bond acceptors (Lipinski definition) is 2. The zero-order valence-electron chi connectivity index (χ0n) is 10.7. The second-order valence-electron chi connectivity index (χ2n) is 5.85. The number of carbonyl (C=O) groups is 2. The van der Waals surface area contributed by atoms with Gasteiger partial charge in [-0.05, 0) is 42.9 Å². The van der Waals surface area contributed by atoms with Gasteiger partial charge in [-0.2, -0.15) is 0 Å². The monoisotopic (exact) mass is 253 g/mol. The zero-order chi connectivity index (χ0) is 13.1. The molecule has 1 aromatic carbocycles. The first-order valence-electron chi connectivity index (χ1n) is 6.79. The summed E-state index contributed by atoms with van der Waals surface area (Å²) >= 11 is 0. The van der Waals surface area contributed by atoms with Gasteiger partial charge in [0.1, 0.15) is 0 Å². The van der Waals surface area contributed by atoms with Gasteiger partial charge in [-0.15, -0.1) is 0 Å². The summed E-state index contributed by atoms with van der Waals surface area (Å²) in [6.07, 6.45) is 5.22. The molecule has 2 bridgehead atoms. The Hall–Kier alpha value is -1.90. The Labute approximate surface area is 111 Å². The van der Waals surface area contributed by atoms with Crippen molar-refractivity contribution < 1.29 is 9.59 Å². The number of fused-ring (bicyclic) bond motifs is 5. The van der Waals surface area contributed by atoms with E-state index in [4.69, 9.17) is 0 Å². The molecule has 0 N–H and O–H groups in total. The van der Waals surface area contributed by atoms with Gasteiger partial charge in [0.05, 0.1) is 17.5 Å². The molecule has 96 valence electrons. The van der Waals surface area contributed by atoms with Crippen LogP contribution in [0, 0.1) is 30.6 Å². The van der Waals surface area contributed by atoms with Crippen molar-refractivity contribution in [3.63, 3.8) is 0 Å². The van der Waals surface area contributed by atoms with Gasteiger partial charge in [0.15, 0.2) is 0 Å². The number of carbonyl (C=O) groups excluding carboxylic acids is 2. The molecule has 0 radical (unpaired) electrons. The summed E-state index contributed by atoms with van der Waals surface area (Å²) in [6, 6.07) is 7.62. The number of anilines is 1. The predicted octanol–water partition coefficient (Wildman–Crippen LogP) is 2.31. The minimum Gasteiger partial charge on any atom is -0.274 e. The third-order valence-electron chi connectivity index (χ3n) is 4.73. The number of amides is 2. The summed E-state index contributed by atoms with van der Waals surface area (Å²) in [5, 5.41) is 0. The molecule has 4 rings (SSSR count). The average Bonchev–Trinajstić information content (AvgIpc) is 3.04. The van der Waals surface area contributed by atoms with Crippen LogP contribution in [0.1, 0.15) is 12.0 Å². The molecule has 1 heterocycles. The SMILES string of the molecule is Cc1cccc(N2C(=O)[C@H]3[C@H](C2=O)[C@H]2C=C[C@H]3C2)c1. The van der Waals surface area contributed by atoms with E-state index in [0.717, 1.165) is 17.7 Å². The molecule has 1 aliphatic heterocycles. The van der Waals surface area contributed by atoms with Gasteiger partial charge < -0.3 is 0 Å². The molecule has 4 atom stereocenters. The first-order chi connectivity index (χ1) is 9.16. The Bertz CT molecular complexity index is 589. The van der Waals surface area contributed by atoms with Crippen molar-refractivity contribution in [3.05, 3.63) is 42.0 Å². The lowest BCUT2D eigenvalue weighted by atomic mass is 9.85. The van der Waals surface area contributed by atoms with Gasteiger partial charge >= 0.3 is 0 Å². The first kappa shape index (κ1) is 11.0. The average molecular weight is 253 g/mol. The molecular weight excluding hydrogens is 238 g/mol. The predicted molar refractivity (Wildman–Crippen MR) is 71.4 cm³/mol. The second-order valence-corrected chi connectivity index (χ2v) is 5.85. The topological polar surface area (TPSA) is 37.4 Å². The highest BCUT2D eigenvalue weighted by Gasteiger charge is 2.59. The van der Waals surface area contributed by atoms with Gasteiger partial charge in [0.25, 0.3) is 0 Å². The normalized spacial score (nSPS) is 35.3. The van der Waals surface area contributed by atoms with Crippen LogP contribution in [-0.4, -0.2) is 11.8 Å². The van der Waals surface area contributed by atoms with Crippen LogP contribution in [0.2, 0.25) is 0 Å². The Morgan fingerprint density at radius 2 is 1.68 bits per heavy atom. The quantitative estimate of drug-likeness (QED) is 0.569. The summed E-state index contributed by atoms with van der Waals surface area (Å²) in [6.45, 7) is 1.97. The van der Waals surface area contributed by atoms with E-state index in [2.05, 4.69) is 12.2 Å². The minimum atomic E-state index is -0.108. The molecule has 3 nitrogen and oxygen atoms in total. The summed E-state index contributed by atoms with van der Waals surface area (Å²) in [7, 11) is 0. The number of nitrogens with zero attached hydrogens (tertiary/aromatic N) is 1. The van der Waals surface area contributed by atoms with Crippen LogP contribution in [-0.2, 0) is 9.59 Å². The maximum absolute atomic E-state index is 12.6. The fraction of sp³-hybridized carbons (Fsp3) is 0.375. The number of imide groups is 1. The van der Waals surface area contributed by atoms with E-state index >= 15 is 0 Å². The van der Waals surface area contributed by atoms with Crippen LogP contribution >= 0.6 is 0 Å². The first-order valence-corrected chi connectivity index (χ1v) is 6.79. The lowest BCUT2D eigenvalue weighted by Gasteiger charge is -2.17. The minimum absolute atomic E-state index is 0.00236. The standard InChI is InChI=1S/C16H15NO2/c1-9-3-2-4-12(7-9)17-15(18)13-10-5-6-11(8-10)14(13)16(17)19/h2-7,10-11,13-14H,8H2,1H3/t10-,11-,13+,14+/m0/s1. The lowest BCUT2D eigenvalue weighted by molar-refractivity contribution is -0.123. The fourth-order valence-corrected chi connectivity index (χ4v) is 3.92. The van der Waals surface area contributed by atoms with E-state index in [9.17, 15) is 9.59 Å². The van der Waals surface area contributed by atoms with Crippen molar-refractivity contribution in [2.75, 3.05) is 4.90 Å². The number of hydrogen-bond donors (Lipinski definition) is 0. The van der Waals surface area contributed by atoms with Gasteiger partial charge in [-0.25, -0.2) is 0 Å². The van der Waals surface area contributed by atoms with E-state index < -0.39 is 0 Å². The molecule has 3 heteroatoms. The molecule has 1 saturated heterocycles. The van der Waals surface area contributed by atoms with Gasteiger partial charge in [0, 0.05) is 0 Å². The van der Waals surface area contributed by atoms with Crippen LogP contribution in [0.25, 0.3) is 0 Å². The van der Waals surface area contributed by atoms with Crippen molar-refractivity contribution in [2.24, 2.45) is 23.7 Å². The van der Waals surface area contributed by atoms with Crippen molar-refractivity contribution in [1.82, 2.24) is 0 Å². The molecule has 1 saturated carbocycles. The molecule has 0 aromatic heterocycles. The third kappa shape index (κ3) is 1.33. The second kappa shape index (κ2) is 3.56. The summed E-state index contributed by atoms with van der Waals surface area (Å²) < 4.78 is 0. The molecule has 2 aliphatic carbocycles. The number of benzene rings is 1. The van der Waals surface area contributed by atoms with E-state index in [0.29, 0.717) is 0 Å². The number of allylic oxidation sites excluding steroid dienone is 2. The maximum atomic E-state index is 12.6. The van der Waals surface area contributed by atoms with Crippen LogP contribution in [0.15, 0.2) is 36.4 Å². The molecular formula is C16H15NO2. The van der Waals surface area contributed by atoms with Gasteiger partial charge in [0.2, 0.25) is 11.8 Å². The summed E-state index contributed by atoms with van der Waals surface area (Å²) in [5.74, 6) is 0.337. The maximum Gasteiger partial charge on any atom is 0.238 e. The molecule has 19 heavy (non-hydrogen) atoms. The Morgan fingerprint density at radius 3 is 2.26 bits per heavy atom. The van der Waals surface area contributed by atoms with Crippen LogP contribution in [0.5, 0.6) is 0 Å². The van der Waals surface area contributed by atoms with Crippen molar-refractivity contribution in [3.8, 4) is 0 Å². The van der Waals surface area contributed by atoms with E-state index in [1.54, 1.807) is 0 Å². The number of rotatable bonds is 1. The van der Waals surface area contributed by atoms with Crippen molar-refractivity contribution >= 4 is 17.5 Å². The van der Waals surface area contributed by atoms with E-state index in [-0.39, 0.29) is 35.5 Å². The van der Waals surface area contributed by atoms with Crippen LogP contribution in [0.4, 0.5) is 5.69 Å². The molecule has 2 amide bonds. The smallest absolute Gasteiger partial charge is 0.238 e. The highest BCUT2D eigenvalue weighted by molar-refractivity contribution is 6.22. The molecule has 3 aliphatic rings. The zero-order valence-corrected chi connectivity index (χ0v) is 10.7. The van der Waals surface area contributed by atoms with E-state index in [1.165, 1.54) is 4.90 Å². The highest BCUT2D eigenvalue weighted by atomic mass is 16.2. The molecule has 2 fully saturated rings. The van der Waals surface area contributed by atoms with Crippen LogP contribution in [0.3, 0.4) is 0 Å². The number of aryl methyl sites for hydroxylation is 1.